The molecule has 0 spiro atoms. The lowest BCUT2D eigenvalue weighted by molar-refractivity contribution is 0.0443. The topological polar surface area (TPSA) is 90.1 Å². The van der Waals surface area contributed by atoms with Crippen LogP contribution >= 0.6 is 0 Å². The van der Waals surface area contributed by atoms with Gasteiger partial charge in [0.1, 0.15) is 0 Å². The van der Waals surface area contributed by atoms with Gasteiger partial charge in [0.25, 0.3) is 11.5 Å². The molecule has 2 aliphatic rings. The predicted molar refractivity (Wildman–Crippen MR) is 172 cm³/mol. The maximum atomic E-state index is 13.5. The van der Waals surface area contributed by atoms with Crippen molar-refractivity contribution in [3.05, 3.63) is 62.6 Å². The molecule has 0 atom stereocenters. The molecule has 4 rings (SSSR count). The van der Waals surface area contributed by atoms with E-state index in [1.807, 2.05) is 32.0 Å². The van der Waals surface area contributed by atoms with Crippen LogP contribution < -0.4 is 15.8 Å². The largest absolute Gasteiger partial charge is 0.383 e. The zero-order valence-electron chi connectivity index (χ0n) is 26.6. The molecule has 9 heteroatoms. The zero-order chi connectivity index (χ0) is 30.8. The Kier molecular flexibility index (Phi) is 12.2. The maximum absolute atomic E-state index is 13.5. The molecule has 2 aromatic rings. The van der Waals surface area contributed by atoms with E-state index in [1.54, 1.807) is 7.11 Å². The average Bonchev–Trinajstić information content (AvgIpc) is 3.00. The molecule has 2 heterocycles. The molecule has 1 aliphatic heterocycles. The Bertz CT molecular complexity index is 1330. The maximum Gasteiger partial charge on any atom is 0.253 e. The highest BCUT2D eigenvalue weighted by atomic mass is 16.5. The van der Waals surface area contributed by atoms with Gasteiger partial charge in [-0.1, -0.05) is 11.8 Å². The second kappa shape index (κ2) is 16.1. The van der Waals surface area contributed by atoms with Crippen LogP contribution in [0.5, 0.6) is 0 Å². The molecule has 0 unspecified atom stereocenters. The Morgan fingerprint density at radius 3 is 2.51 bits per heavy atom. The van der Waals surface area contributed by atoms with Crippen molar-refractivity contribution in [2.24, 2.45) is 0 Å². The number of anilines is 1. The van der Waals surface area contributed by atoms with Crippen molar-refractivity contribution in [2.45, 2.75) is 65.1 Å². The number of aromatic amines is 1. The van der Waals surface area contributed by atoms with Crippen LogP contribution in [0.2, 0.25) is 0 Å². The Morgan fingerprint density at radius 2 is 1.84 bits per heavy atom. The van der Waals surface area contributed by atoms with Crippen LogP contribution in [0.15, 0.2) is 29.1 Å². The SMILES string of the molecule is CCN(c1cc(C#CCN2CCOCC2)cc(C(=O)NCc2c(C)cc(C)[nH]c2=O)c1)C1CCC(N(C)CCOC)CC1. The van der Waals surface area contributed by atoms with Gasteiger partial charge >= 0.3 is 0 Å². The van der Waals surface area contributed by atoms with Crippen LogP contribution in [0.3, 0.4) is 0 Å². The second-order valence-corrected chi connectivity index (χ2v) is 11.8. The molecular formula is C34H49N5O4. The second-order valence-electron chi connectivity index (χ2n) is 11.8. The molecule has 1 amide bonds. The number of carbonyl (C=O) groups excluding carboxylic acids is 1. The van der Waals surface area contributed by atoms with Crippen molar-refractivity contribution in [2.75, 3.05) is 71.6 Å². The van der Waals surface area contributed by atoms with Gasteiger partial charge in [-0.2, -0.15) is 0 Å². The number of benzene rings is 1. The van der Waals surface area contributed by atoms with Gasteiger partial charge in [0.2, 0.25) is 0 Å². The van der Waals surface area contributed by atoms with E-state index in [0.29, 0.717) is 29.8 Å². The van der Waals surface area contributed by atoms with E-state index in [1.165, 1.54) is 0 Å². The van der Waals surface area contributed by atoms with Crippen molar-refractivity contribution in [1.29, 1.82) is 0 Å². The van der Waals surface area contributed by atoms with Gasteiger partial charge in [-0.3, -0.25) is 14.5 Å². The minimum absolute atomic E-state index is 0.165. The molecular weight excluding hydrogens is 542 g/mol. The number of nitrogens with one attached hydrogen (secondary N) is 2. The summed E-state index contributed by atoms with van der Waals surface area (Å²) in [6.07, 6.45) is 4.47. The number of H-pyrrole nitrogens is 1. The molecule has 1 aromatic carbocycles. The summed E-state index contributed by atoms with van der Waals surface area (Å²) < 4.78 is 10.7. The summed E-state index contributed by atoms with van der Waals surface area (Å²) in [7, 11) is 3.94. The number of aryl methyl sites for hydroxylation is 2. The number of hydrogen-bond donors (Lipinski definition) is 2. The standard InChI is InChI=1S/C34H49N5O4/c1-6-39(30-11-9-29(10-12-30)37(4)14-17-42-5)31-22-27(8-7-13-38-15-18-43-19-16-38)21-28(23-31)33(40)35-24-32-25(2)20-26(3)36-34(32)41/h20-23,29-30H,6,9-19,24H2,1-5H3,(H,35,40)(H,36,41). The number of amides is 1. The van der Waals surface area contributed by atoms with Crippen molar-refractivity contribution >= 4 is 11.6 Å². The fourth-order valence-corrected chi connectivity index (χ4v) is 6.25. The number of carbonyl (C=O) groups is 1. The van der Waals surface area contributed by atoms with Crippen LogP contribution in [0.25, 0.3) is 0 Å². The van der Waals surface area contributed by atoms with E-state index < -0.39 is 0 Å². The van der Waals surface area contributed by atoms with Crippen molar-refractivity contribution in [3.63, 3.8) is 0 Å². The number of nitrogens with zero attached hydrogens (tertiary/aromatic N) is 3. The summed E-state index contributed by atoms with van der Waals surface area (Å²) in [5.74, 6) is 6.45. The van der Waals surface area contributed by atoms with Gasteiger partial charge in [-0.15, -0.1) is 0 Å². The summed E-state index contributed by atoms with van der Waals surface area (Å²) in [5, 5.41) is 2.99. The third-order valence-electron chi connectivity index (χ3n) is 8.79. The van der Waals surface area contributed by atoms with Crippen LogP contribution in [-0.2, 0) is 16.0 Å². The Labute approximate surface area is 256 Å². The molecule has 1 saturated heterocycles. The number of likely N-dealkylation sites (N-methyl/N-ethyl adjacent to an activating group) is 1. The van der Waals surface area contributed by atoms with Gasteiger partial charge in [0.05, 0.1) is 26.4 Å². The van der Waals surface area contributed by atoms with Crippen LogP contribution in [0, 0.1) is 25.7 Å². The fourth-order valence-electron chi connectivity index (χ4n) is 6.25. The molecule has 43 heavy (non-hydrogen) atoms. The van der Waals surface area contributed by atoms with Crippen LogP contribution in [0.1, 0.15) is 65.3 Å². The summed E-state index contributed by atoms with van der Waals surface area (Å²) in [5.41, 5.74) is 4.48. The van der Waals surface area contributed by atoms with Crippen LogP contribution in [0.4, 0.5) is 5.69 Å². The number of methoxy groups -OCH3 is 1. The first-order chi connectivity index (χ1) is 20.8. The lowest BCUT2D eigenvalue weighted by Crippen LogP contribution is -2.44. The highest BCUT2D eigenvalue weighted by molar-refractivity contribution is 5.95. The van der Waals surface area contributed by atoms with Gasteiger partial charge in [-0.25, -0.2) is 0 Å². The first-order valence-corrected chi connectivity index (χ1v) is 15.7. The van der Waals surface area contributed by atoms with Crippen LogP contribution in [-0.4, -0.2) is 99.5 Å². The monoisotopic (exact) mass is 591 g/mol. The molecule has 2 N–H and O–H groups in total. The molecule has 1 aliphatic carbocycles. The number of pyridine rings is 1. The smallest absolute Gasteiger partial charge is 0.253 e. The molecule has 9 nitrogen and oxygen atoms in total. The predicted octanol–water partition coefficient (Wildman–Crippen LogP) is 3.32. The third kappa shape index (κ3) is 9.16. The number of ether oxygens (including phenoxy) is 2. The zero-order valence-corrected chi connectivity index (χ0v) is 26.6. The molecule has 2 fully saturated rings. The Balaban J connectivity index is 1.54. The van der Waals surface area contributed by atoms with E-state index >= 15 is 0 Å². The first kappa shape index (κ1) is 32.7. The van der Waals surface area contributed by atoms with E-state index in [9.17, 15) is 9.59 Å². The number of morpholine rings is 1. The summed E-state index contributed by atoms with van der Waals surface area (Å²) >= 11 is 0. The third-order valence-corrected chi connectivity index (χ3v) is 8.79. The average molecular weight is 592 g/mol. The Morgan fingerprint density at radius 1 is 1.12 bits per heavy atom. The molecule has 1 saturated carbocycles. The molecule has 234 valence electrons. The number of rotatable bonds is 11. The first-order valence-electron chi connectivity index (χ1n) is 15.7. The summed E-state index contributed by atoms with van der Waals surface area (Å²) in [6, 6.07) is 8.87. The Hall–Kier alpha value is -3.16. The van der Waals surface area contributed by atoms with E-state index in [4.69, 9.17) is 9.47 Å². The quantitative estimate of drug-likeness (QED) is 0.388. The van der Waals surface area contributed by atoms with Gasteiger partial charge in [0, 0.05) is 80.0 Å². The van der Waals surface area contributed by atoms with Gasteiger partial charge in [0.15, 0.2) is 0 Å². The van der Waals surface area contributed by atoms with E-state index in [2.05, 4.69) is 56.9 Å². The minimum Gasteiger partial charge on any atom is -0.383 e. The molecule has 0 bridgehead atoms. The lowest BCUT2D eigenvalue weighted by atomic mass is 9.89. The van der Waals surface area contributed by atoms with Gasteiger partial charge < -0.3 is 29.6 Å². The highest BCUT2D eigenvalue weighted by Crippen LogP contribution is 2.30. The van der Waals surface area contributed by atoms with E-state index in [-0.39, 0.29) is 18.0 Å². The van der Waals surface area contributed by atoms with E-state index in [0.717, 1.165) is 94.2 Å². The fraction of sp³-hybridized carbons (Fsp3) is 0.588. The summed E-state index contributed by atoms with van der Waals surface area (Å²) in [4.78, 5) is 36.0. The van der Waals surface area contributed by atoms with Crippen molar-refractivity contribution in [1.82, 2.24) is 20.1 Å². The number of aromatic nitrogens is 1. The number of hydrogen-bond acceptors (Lipinski definition) is 7. The van der Waals surface area contributed by atoms with Crippen molar-refractivity contribution < 1.29 is 14.3 Å². The van der Waals surface area contributed by atoms with Gasteiger partial charge in [-0.05, 0) is 83.3 Å². The highest BCUT2D eigenvalue weighted by Gasteiger charge is 2.28. The summed E-state index contributed by atoms with van der Waals surface area (Å²) in [6.45, 7) is 12.6. The lowest BCUT2D eigenvalue weighted by Gasteiger charge is -2.40. The molecule has 0 radical (unpaired) electrons. The molecule has 1 aromatic heterocycles. The normalized spacial score (nSPS) is 19.1. The minimum atomic E-state index is -0.211. The van der Waals surface area contributed by atoms with Crippen molar-refractivity contribution in [3.8, 4) is 11.8 Å².